The summed E-state index contributed by atoms with van der Waals surface area (Å²) in [5.74, 6) is -0.538. The highest BCUT2D eigenvalue weighted by molar-refractivity contribution is 6.56. The van der Waals surface area contributed by atoms with Crippen LogP contribution in [0.5, 0.6) is 0 Å². The van der Waals surface area contributed by atoms with Gasteiger partial charge in [-0.05, 0) is 12.0 Å². The quantitative estimate of drug-likeness (QED) is 0.497. The number of hydrogen-bond acceptors (Lipinski definition) is 3. The van der Waals surface area contributed by atoms with Crippen molar-refractivity contribution in [1.82, 2.24) is 0 Å². The molecule has 0 fully saturated rings. The second-order valence-corrected chi connectivity index (χ2v) is 6.03. The molecule has 0 aromatic carbocycles. The van der Waals surface area contributed by atoms with Crippen LogP contribution in [0.15, 0.2) is 0 Å². The summed E-state index contributed by atoms with van der Waals surface area (Å²) in [4.78, 5) is 10.2. The third kappa shape index (κ3) is 7.91. The smallest absolute Gasteiger partial charge is 0.305 e. The van der Waals surface area contributed by atoms with Gasteiger partial charge in [-0.15, -0.1) is 0 Å². The molecule has 0 aliphatic carbocycles. The van der Waals surface area contributed by atoms with Gasteiger partial charge in [-0.25, -0.2) is 0 Å². The van der Waals surface area contributed by atoms with E-state index in [0.29, 0.717) is 5.92 Å². The van der Waals surface area contributed by atoms with Gasteiger partial charge in [0.15, 0.2) is 0 Å². The highest BCUT2D eigenvalue weighted by Gasteiger charge is 2.20. The molecule has 0 rings (SSSR count). The lowest BCUT2D eigenvalue weighted by atomic mass is 10.3. The first-order chi connectivity index (χ1) is 5.43. The summed E-state index contributed by atoms with van der Waals surface area (Å²) >= 11 is 0. The van der Waals surface area contributed by atoms with Crippen molar-refractivity contribution < 1.29 is 20.5 Å². The van der Waals surface area contributed by atoms with Crippen LogP contribution in [-0.4, -0.2) is 36.3 Å². The van der Waals surface area contributed by atoms with Gasteiger partial charge in [0.1, 0.15) is 8.96 Å². The Morgan fingerprint density at radius 1 is 1.54 bits per heavy atom. The van der Waals surface area contributed by atoms with Gasteiger partial charge in [-0.1, -0.05) is 13.8 Å². The third-order valence-corrected chi connectivity index (χ3v) is 4.33. The second-order valence-electron chi connectivity index (χ2n) is 3.46. The van der Waals surface area contributed by atoms with E-state index in [0.717, 1.165) is 6.04 Å². The number of aliphatic hydroxyl groups excluding tert-OH is 1. The Morgan fingerprint density at radius 2 is 2.00 bits per heavy atom. The maximum Gasteiger partial charge on any atom is 0.305 e. The topological polar surface area (TPSA) is 115 Å². The Kier molecular flexibility index (Phi) is 8.13. The van der Waals surface area contributed by atoms with Crippen LogP contribution in [0, 0.1) is 5.92 Å². The first kappa shape index (κ1) is 15.1. The molecule has 0 saturated heterocycles. The lowest BCUT2D eigenvalue weighted by Crippen LogP contribution is -2.42. The number of aliphatic carboxylic acids is 1. The lowest BCUT2D eigenvalue weighted by Gasteiger charge is -2.16. The van der Waals surface area contributed by atoms with E-state index < -0.39 is 20.7 Å². The summed E-state index contributed by atoms with van der Waals surface area (Å²) in [6, 6.07) is 0.786. The predicted octanol–water partition coefficient (Wildman–Crippen LogP) is -1.13. The molecule has 0 saturated carbocycles. The lowest BCUT2D eigenvalue weighted by molar-refractivity contribution is -0.138. The Hall–Kier alpha value is -0.433. The van der Waals surface area contributed by atoms with Crippen LogP contribution < -0.4 is 5.40 Å². The maximum absolute atomic E-state index is 10.2. The molecular formula is C7H19NO4Si. The van der Waals surface area contributed by atoms with E-state index in [4.69, 9.17) is 10.5 Å². The van der Waals surface area contributed by atoms with Crippen molar-refractivity contribution in [3.8, 4) is 0 Å². The molecular weight excluding hydrogens is 190 g/mol. The van der Waals surface area contributed by atoms with Gasteiger partial charge in [0, 0.05) is 0 Å². The minimum atomic E-state index is -1.74. The van der Waals surface area contributed by atoms with Gasteiger partial charge in [0.05, 0.1) is 12.1 Å². The molecule has 2 atom stereocenters. The van der Waals surface area contributed by atoms with Crippen LogP contribution >= 0.6 is 0 Å². The van der Waals surface area contributed by atoms with Gasteiger partial charge in [0.2, 0.25) is 0 Å². The number of hydrogen-bond donors (Lipinski definition) is 3. The monoisotopic (exact) mass is 209 g/mol. The van der Waals surface area contributed by atoms with Gasteiger partial charge in [-0.2, -0.15) is 0 Å². The largest absolute Gasteiger partial charge is 0.481 e. The molecule has 0 radical (unpaired) electrons. The highest BCUT2D eigenvalue weighted by Crippen LogP contribution is 2.06. The Morgan fingerprint density at radius 3 is 2.31 bits per heavy atom. The Bertz CT molecular complexity index is 153. The van der Waals surface area contributed by atoms with Crippen molar-refractivity contribution in [1.29, 1.82) is 0 Å². The first-order valence-corrected chi connectivity index (χ1v) is 6.24. The first-order valence-electron chi connectivity index (χ1n) is 4.09. The number of carboxylic acids is 1. The number of carbonyl (C=O) groups is 1. The van der Waals surface area contributed by atoms with Crippen LogP contribution in [0.3, 0.4) is 0 Å². The summed E-state index contributed by atoms with van der Waals surface area (Å²) in [5.41, 5.74) is -0.787. The predicted molar refractivity (Wildman–Crippen MR) is 52.9 cm³/mol. The van der Waals surface area contributed by atoms with Crippen LogP contribution in [0.1, 0.15) is 20.3 Å². The average Bonchev–Trinajstić information content (AvgIpc) is 1.84. The Labute approximate surface area is 79.6 Å². The van der Waals surface area contributed by atoms with E-state index in [1.165, 1.54) is 0 Å². The van der Waals surface area contributed by atoms with Gasteiger partial charge < -0.3 is 21.1 Å². The molecule has 0 amide bonds. The van der Waals surface area contributed by atoms with E-state index in [1.54, 1.807) is 0 Å². The Balaban J connectivity index is 0. The van der Waals surface area contributed by atoms with E-state index >= 15 is 0 Å². The molecule has 0 unspecified atom stereocenters. The zero-order chi connectivity index (χ0) is 9.72. The average molecular weight is 209 g/mol. The minimum absolute atomic E-state index is 0. The fourth-order valence-corrected chi connectivity index (χ4v) is 2.94. The molecule has 0 spiro atoms. The summed E-state index contributed by atoms with van der Waals surface area (Å²) < 4.78 is 0. The molecule has 0 aromatic rings. The SMILES string of the molecule is CC(C)C[Si@H](N)[C@@H](O)CC(=O)O.O. The standard InChI is InChI=1S/C7H17NO3Si.H2O/c1-5(2)4-12(8)7(11)3-6(9)10;/h5,7,11-12H,3-4,8H2,1-2H3,(H,9,10);1H2/t7-,12+;/m1./s1. The number of aliphatic hydroxyl groups is 1. The number of carboxylic acid groups (broad SMARTS) is 1. The van der Waals surface area contributed by atoms with Crippen molar-refractivity contribution in [2.24, 2.45) is 11.3 Å². The summed E-state index contributed by atoms with van der Waals surface area (Å²) in [7, 11) is -1.74. The minimum Gasteiger partial charge on any atom is -0.481 e. The molecule has 0 aliphatic rings. The molecule has 6 N–H and O–H groups in total. The fourth-order valence-electron chi connectivity index (χ4n) is 1.03. The van der Waals surface area contributed by atoms with Gasteiger partial charge >= 0.3 is 5.97 Å². The normalized spacial score (nSPS) is 14.8. The third-order valence-electron chi connectivity index (χ3n) is 1.62. The van der Waals surface area contributed by atoms with Crippen LogP contribution in [-0.2, 0) is 4.79 Å². The second kappa shape index (κ2) is 7.02. The maximum atomic E-state index is 10.2. The zero-order valence-corrected chi connectivity index (χ0v) is 9.18. The molecule has 5 nitrogen and oxygen atoms in total. The summed E-state index contributed by atoms with van der Waals surface area (Å²) in [5, 5.41) is 23.4. The van der Waals surface area contributed by atoms with Crippen molar-refractivity contribution >= 4 is 14.9 Å². The van der Waals surface area contributed by atoms with Crippen molar-refractivity contribution in [3.63, 3.8) is 0 Å². The molecule has 13 heavy (non-hydrogen) atoms. The van der Waals surface area contributed by atoms with Crippen molar-refractivity contribution in [2.75, 3.05) is 0 Å². The van der Waals surface area contributed by atoms with Gasteiger partial charge in [-0.3, -0.25) is 4.79 Å². The number of rotatable bonds is 5. The molecule has 6 heteroatoms. The summed E-state index contributed by atoms with van der Waals surface area (Å²) in [6.07, 6.45) is -0.208. The molecule has 0 bridgehead atoms. The van der Waals surface area contributed by atoms with E-state index in [-0.39, 0.29) is 11.9 Å². The van der Waals surface area contributed by atoms with E-state index in [2.05, 4.69) is 0 Å². The number of nitrogens with two attached hydrogens (primary N) is 1. The molecule has 0 heterocycles. The highest BCUT2D eigenvalue weighted by atomic mass is 28.3. The fraction of sp³-hybridized carbons (Fsp3) is 0.857. The zero-order valence-electron chi connectivity index (χ0n) is 8.03. The van der Waals surface area contributed by atoms with Crippen molar-refractivity contribution in [3.05, 3.63) is 0 Å². The summed E-state index contributed by atoms with van der Waals surface area (Å²) in [6.45, 7) is 4.03. The van der Waals surface area contributed by atoms with E-state index in [9.17, 15) is 9.90 Å². The molecule has 0 aromatic heterocycles. The van der Waals surface area contributed by atoms with Crippen molar-refractivity contribution in [2.45, 2.75) is 32.0 Å². The van der Waals surface area contributed by atoms with Crippen LogP contribution in [0.2, 0.25) is 6.04 Å². The molecule has 0 aliphatic heterocycles. The van der Waals surface area contributed by atoms with Gasteiger partial charge in [0.25, 0.3) is 0 Å². The molecule has 80 valence electrons. The van der Waals surface area contributed by atoms with Crippen LogP contribution in [0.25, 0.3) is 0 Å². The van der Waals surface area contributed by atoms with E-state index in [1.807, 2.05) is 13.8 Å². The van der Waals surface area contributed by atoms with Crippen LogP contribution in [0.4, 0.5) is 0 Å².